The molecule has 0 bridgehead atoms. The molecule has 0 aromatic heterocycles. The predicted molar refractivity (Wildman–Crippen MR) is 124 cm³/mol. The number of terminal acetylenes is 1. The number of ether oxygens (including phenoxy) is 3. The summed E-state index contributed by atoms with van der Waals surface area (Å²) in [4.78, 5) is 12.6. The van der Waals surface area contributed by atoms with Crippen molar-refractivity contribution in [2.45, 2.75) is 45.8 Å². The number of allylic oxidation sites excluding steroid dienone is 1. The van der Waals surface area contributed by atoms with Gasteiger partial charge in [-0.1, -0.05) is 44.2 Å². The Balaban J connectivity index is 1.57. The van der Waals surface area contributed by atoms with Crippen LogP contribution in [-0.2, 0) is 27.3 Å². The first kappa shape index (κ1) is 23.1. The predicted octanol–water partition coefficient (Wildman–Crippen LogP) is 5.38. The zero-order valence-electron chi connectivity index (χ0n) is 19.3. The fourth-order valence-electron chi connectivity index (χ4n) is 4.74. The van der Waals surface area contributed by atoms with E-state index in [2.05, 4.69) is 5.92 Å². The molecule has 2 aromatic carbocycles. The number of ketones is 1. The van der Waals surface area contributed by atoms with Crippen molar-refractivity contribution in [1.29, 1.82) is 0 Å². The zero-order chi connectivity index (χ0) is 23.6. The third-order valence-electron chi connectivity index (χ3n) is 6.88. The molecule has 1 fully saturated rings. The van der Waals surface area contributed by atoms with E-state index < -0.39 is 5.60 Å². The Morgan fingerprint density at radius 3 is 2.76 bits per heavy atom. The van der Waals surface area contributed by atoms with Crippen molar-refractivity contribution >= 4 is 5.78 Å². The Kier molecular flexibility index (Phi) is 6.58. The molecule has 1 saturated heterocycles. The average molecular weight is 449 g/mol. The topological polar surface area (TPSA) is 44.8 Å². The van der Waals surface area contributed by atoms with Gasteiger partial charge in [0.15, 0.2) is 12.6 Å². The van der Waals surface area contributed by atoms with Crippen LogP contribution in [0.15, 0.2) is 54.3 Å². The molecule has 33 heavy (non-hydrogen) atoms. The summed E-state index contributed by atoms with van der Waals surface area (Å²) < 4.78 is 32.7. The summed E-state index contributed by atoms with van der Waals surface area (Å²) in [5.74, 6) is 2.80. The van der Waals surface area contributed by atoms with Gasteiger partial charge in [0, 0.05) is 17.9 Å². The van der Waals surface area contributed by atoms with Crippen LogP contribution in [-0.4, -0.2) is 18.2 Å². The molecule has 1 aliphatic carbocycles. The molecule has 0 amide bonds. The van der Waals surface area contributed by atoms with Crippen molar-refractivity contribution < 1.29 is 23.4 Å². The van der Waals surface area contributed by atoms with E-state index in [9.17, 15) is 9.18 Å². The minimum Gasteiger partial charge on any atom is -0.489 e. The van der Waals surface area contributed by atoms with E-state index in [-0.39, 0.29) is 36.1 Å². The second-order valence-electron chi connectivity index (χ2n) is 9.06. The van der Waals surface area contributed by atoms with Crippen LogP contribution in [0.1, 0.15) is 37.0 Å². The highest BCUT2D eigenvalue weighted by atomic mass is 19.1. The molecule has 4 nitrogen and oxygen atoms in total. The summed E-state index contributed by atoms with van der Waals surface area (Å²) in [6.45, 7) is 6.18. The maximum atomic E-state index is 15.0. The normalized spacial score (nSPS) is 23.7. The average Bonchev–Trinajstić information content (AvgIpc) is 3.23. The minimum atomic E-state index is -0.800. The lowest BCUT2D eigenvalue weighted by molar-refractivity contribution is -0.124. The first-order chi connectivity index (χ1) is 15.8. The van der Waals surface area contributed by atoms with Gasteiger partial charge in [0.25, 0.3) is 0 Å². The summed E-state index contributed by atoms with van der Waals surface area (Å²) >= 11 is 0. The quantitative estimate of drug-likeness (QED) is 0.534. The Morgan fingerprint density at radius 2 is 2.03 bits per heavy atom. The fourth-order valence-corrected chi connectivity index (χ4v) is 4.74. The number of halogens is 1. The first-order valence-electron chi connectivity index (χ1n) is 11.3. The largest absolute Gasteiger partial charge is 0.489 e. The number of fused-ring (bicyclic) bond motifs is 1. The molecule has 2 aliphatic rings. The van der Waals surface area contributed by atoms with Crippen LogP contribution in [0.2, 0.25) is 0 Å². The zero-order valence-corrected chi connectivity index (χ0v) is 19.3. The number of hydrogen-bond acceptors (Lipinski definition) is 4. The molecule has 1 aliphatic heterocycles. The monoisotopic (exact) mass is 448 g/mol. The molecule has 0 saturated carbocycles. The van der Waals surface area contributed by atoms with Gasteiger partial charge in [-0.2, -0.15) is 0 Å². The second kappa shape index (κ2) is 9.41. The highest BCUT2D eigenvalue weighted by Gasteiger charge is 2.52. The van der Waals surface area contributed by atoms with E-state index in [1.54, 1.807) is 6.07 Å². The highest BCUT2D eigenvalue weighted by molar-refractivity contribution is 5.94. The number of benzene rings is 2. The van der Waals surface area contributed by atoms with E-state index in [1.165, 1.54) is 12.1 Å². The van der Waals surface area contributed by atoms with Crippen LogP contribution in [0.4, 0.5) is 4.39 Å². The smallest absolute Gasteiger partial charge is 0.189 e. The van der Waals surface area contributed by atoms with E-state index in [0.29, 0.717) is 36.5 Å². The van der Waals surface area contributed by atoms with Gasteiger partial charge in [0.2, 0.25) is 0 Å². The van der Waals surface area contributed by atoms with Crippen LogP contribution in [0.5, 0.6) is 5.75 Å². The van der Waals surface area contributed by atoms with Gasteiger partial charge in [-0.15, -0.1) is 12.3 Å². The number of hydrogen-bond donors (Lipinski definition) is 0. The highest BCUT2D eigenvalue weighted by Crippen LogP contribution is 2.47. The Hall–Kier alpha value is -3.10. The van der Waals surface area contributed by atoms with Crippen molar-refractivity contribution in [2.24, 2.45) is 17.8 Å². The van der Waals surface area contributed by atoms with E-state index >= 15 is 0 Å². The fraction of sp³-hybridized carbons (Fsp3) is 0.393. The van der Waals surface area contributed by atoms with Gasteiger partial charge in [-0.3, -0.25) is 4.79 Å². The van der Waals surface area contributed by atoms with Crippen molar-refractivity contribution in [3.63, 3.8) is 0 Å². The second-order valence-corrected chi connectivity index (χ2v) is 9.06. The molecular weight excluding hydrogens is 419 g/mol. The molecule has 5 heteroatoms. The molecule has 4 rings (SSSR count). The van der Waals surface area contributed by atoms with Crippen molar-refractivity contribution in [1.82, 2.24) is 0 Å². The summed E-state index contributed by atoms with van der Waals surface area (Å²) in [7, 11) is 0. The van der Waals surface area contributed by atoms with Gasteiger partial charge in [-0.25, -0.2) is 4.39 Å². The van der Waals surface area contributed by atoms with Gasteiger partial charge in [0.05, 0.1) is 0 Å². The Bertz CT molecular complexity index is 1100. The van der Waals surface area contributed by atoms with E-state index in [4.69, 9.17) is 20.6 Å². The van der Waals surface area contributed by atoms with Gasteiger partial charge in [0.1, 0.15) is 29.5 Å². The third kappa shape index (κ3) is 4.54. The molecular formula is C28H29FO4. The molecule has 2 aromatic rings. The molecule has 172 valence electrons. The standard InChI is InChI=1S/C28H29FO4/c1-5-18(2)23-15-28(27(14-25(23)30)32-17-33-28)20(4)12-22-13-26(19(3)11-24(22)29)31-16-21-9-7-6-8-10-21/h1,6-11,13-14,18,20,23H,12,15-17H2,2-4H3/t18?,20-,23-,28+/m0/s1. The van der Waals surface area contributed by atoms with Crippen LogP contribution >= 0.6 is 0 Å². The Labute approximate surface area is 194 Å². The van der Waals surface area contributed by atoms with Gasteiger partial charge >= 0.3 is 0 Å². The van der Waals surface area contributed by atoms with E-state index in [0.717, 1.165) is 11.1 Å². The summed E-state index contributed by atoms with van der Waals surface area (Å²) in [6, 6.07) is 13.1. The lowest BCUT2D eigenvalue weighted by atomic mass is 9.69. The molecule has 0 spiro atoms. The third-order valence-corrected chi connectivity index (χ3v) is 6.88. The molecule has 1 unspecified atom stereocenters. The maximum absolute atomic E-state index is 15.0. The minimum absolute atomic E-state index is 0.0399. The van der Waals surface area contributed by atoms with Crippen LogP contribution in [0.25, 0.3) is 0 Å². The summed E-state index contributed by atoms with van der Waals surface area (Å²) in [5, 5.41) is 0. The van der Waals surface area contributed by atoms with Crippen LogP contribution in [0, 0.1) is 42.8 Å². The lowest BCUT2D eigenvalue weighted by Gasteiger charge is -2.39. The maximum Gasteiger partial charge on any atom is 0.189 e. The Morgan fingerprint density at radius 1 is 1.27 bits per heavy atom. The van der Waals surface area contributed by atoms with Gasteiger partial charge < -0.3 is 14.2 Å². The van der Waals surface area contributed by atoms with Crippen LogP contribution in [0.3, 0.4) is 0 Å². The van der Waals surface area contributed by atoms with Crippen molar-refractivity contribution in [3.8, 4) is 18.1 Å². The van der Waals surface area contributed by atoms with Crippen molar-refractivity contribution in [3.05, 3.63) is 76.8 Å². The summed E-state index contributed by atoms with van der Waals surface area (Å²) in [5.41, 5.74) is 1.53. The first-order valence-corrected chi connectivity index (χ1v) is 11.3. The van der Waals surface area contributed by atoms with Gasteiger partial charge in [-0.05, 0) is 54.5 Å². The molecule has 1 heterocycles. The number of rotatable bonds is 7. The summed E-state index contributed by atoms with van der Waals surface area (Å²) in [6.07, 6.45) is 7.96. The van der Waals surface area contributed by atoms with E-state index in [1.807, 2.05) is 51.1 Å². The number of aryl methyl sites for hydroxylation is 1. The van der Waals surface area contributed by atoms with Crippen molar-refractivity contribution in [2.75, 3.05) is 6.79 Å². The molecule has 4 atom stereocenters. The number of carbonyl (C=O) groups is 1. The SMILES string of the molecule is C#CC(C)[C@@H]1C[C@]2([C@@H](C)Cc3cc(OCc4ccccc4)c(C)cc3F)OCOC2=CC1=O. The van der Waals surface area contributed by atoms with Crippen LogP contribution < -0.4 is 4.74 Å². The lowest BCUT2D eigenvalue weighted by Crippen LogP contribution is -2.46. The molecule has 0 radical (unpaired) electrons. The number of carbonyl (C=O) groups excluding carboxylic acids is 1. The molecule has 0 N–H and O–H groups in total.